The summed E-state index contributed by atoms with van der Waals surface area (Å²) < 4.78 is 2.15. The van der Waals surface area contributed by atoms with Crippen LogP contribution >= 0.6 is 11.6 Å². The van der Waals surface area contributed by atoms with Crippen LogP contribution in [-0.2, 0) is 19.5 Å². The van der Waals surface area contributed by atoms with E-state index in [1.807, 2.05) is 0 Å². The number of likely N-dealkylation sites (tertiary alicyclic amines) is 1. The molecule has 3 nitrogen and oxygen atoms in total. The maximum absolute atomic E-state index is 5.83. The number of rotatable bonds is 6. The van der Waals surface area contributed by atoms with E-state index in [1.54, 1.807) is 0 Å². The summed E-state index contributed by atoms with van der Waals surface area (Å²) in [6.45, 7) is 8.74. The maximum Gasteiger partial charge on any atom is 0.0625 e. The Labute approximate surface area is 115 Å². The molecule has 0 aromatic carbocycles. The third-order valence-electron chi connectivity index (χ3n) is 3.85. The minimum absolute atomic E-state index is 0.797. The molecule has 1 atom stereocenters. The number of aromatic nitrogens is 2. The lowest BCUT2D eigenvalue weighted by Crippen LogP contribution is -2.22. The lowest BCUT2D eigenvalue weighted by atomic mass is 10.1. The first kappa shape index (κ1) is 13.9. The van der Waals surface area contributed by atoms with E-state index in [0.717, 1.165) is 37.7 Å². The molecule has 1 aromatic heterocycles. The van der Waals surface area contributed by atoms with Crippen LogP contribution in [0.3, 0.4) is 0 Å². The summed E-state index contributed by atoms with van der Waals surface area (Å²) in [7, 11) is 0. The molecular formula is C14H24ClN3. The van der Waals surface area contributed by atoms with Crippen LogP contribution in [0.2, 0.25) is 0 Å². The first-order valence-corrected chi connectivity index (χ1v) is 7.64. The van der Waals surface area contributed by atoms with E-state index in [4.69, 9.17) is 11.6 Å². The molecule has 1 aliphatic rings. The van der Waals surface area contributed by atoms with Gasteiger partial charge in [-0.3, -0.25) is 9.58 Å². The van der Waals surface area contributed by atoms with Crippen LogP contribution in [0.5, 0.6) is 0 Å². The van der Waals surface area contributed by atoms with Crippen LogP contribution in [0.1, 0.15) is 38.1 Å². The largest absolute Gasteiger partial charge is 0.297 e. The quantitative estimate of drug-likeness (QED) is 0.741. The van der Waals surface area contributed by atoms with Crippen LogP contribution < -0.4 is 0 Å². The van der Waals surface area contributed by atoms with Gasteiger partial charge >= 0.3 is 0 Å². The Hall–Kier alpha value is -0.540. The highest BCUT2D eigenvalue weighted by atomic mass is 35.5. The van der Waals surface area contributed by atoms with Gasteiger partial charge in [0.15, 0.2) is 0 Å². The molecular weight excluding hydrogens is 246 g/mol. The molecule has 0 N–H and O–H groups in total. The predicted molar refractivity (Wildman–Crippen MR) is 76.0 cm³/mol. The Morgan fingerprint density at radius 1 is 1.44 bits per heavy atom. The highest BCUT2D eigenvalue weighted by Crippen LogP contribution is 2.22. The zero-order valence-corrected chi connectivity index (χ0v) is 12.3. The fraction of sp³-hybridized carbons (Fsp3) is 0.786. The van der Waals surface area contributed by atoms with Crippen molar-refractivity contribution in [2.75, 3.05) is 19.0 Å². The first-order valence-electron chi connectivity index (χ1n) is 7.10. The molecule has 1 unspecified atom stereocenters. The molecule has 2 rings (SSSR count). The Morgan fingerprint density at radius 2 is 2.28 bits per heavy atom. The number of hydrogen-bond acceptors (Lipinski definition) is 2. The molecule has 0 bridgehead atoms. The summed E-state index contributed by atoms with van der Waals surface area (Å²) in [4.78, 5) is 2.54. The standard InChI is InChI=1S/C14H24ClN3/c1-3-13-9-14(18(4-2)16-13)11-17-8-6-12(10-17)5-7-15/h9,12H,3-8,10-11H2,1-2H3. The highest BCUT2D eigenvalue weighted by molar-refractivity contribution is 6.17. The molecule has 4 heteroatoms. The number of alkyl halides is 1. The van der Waals surface area contributed by atoms with Crippen LogP contribution in [0.25, 0.3) is 0 Å². The van der Waals surface area contributed by atoms with Crippen molar-refractivity contribution in [1.82, 2.24) is 14.7 Å². The van der Waals surface area contributed by atoms with Gasteiger partial charge in [0.1, 0.15) is 0 Å². The van der Waals surface area contributed by atoms with Gasteiger partial charge in [0.25, 0.3) is 0 Å². The Balaban J connectivity index is 1.95. The van der Waals surface area contributed by atoms with Crippen LogP contribution in [0, 0.1) is 5.92 Å². The molecule has 0 spiro atoms. The molecule has 1 saturated heterocycles. The van der Waals surface area contributed by atoms with Gasteiger partial charge in [-0.25, -0.2) is 0 Å². The van der Waals surface area contributed by atoms with Crippen molar-refractivity contribution in [3.63, 3.8) is 0 Å². The van der Waals surface area contributed by atoms with Crippen molar-refractivity contribution < 1.29 is 0 Å². The van der Waals surface area contributed by atoms with E-state index in [0.29, 0.717) is 0 Å². The number of nitrogens with zero attached hydrogens (tertiary/aromatic N) is 3. The molecule has 18 heavy (non-hydrogen) atoms. The van der Waals surface area contributed by atoms with Gasteiger partial charge in [0.2, 0.25) is 0 Å². The smallest absolute Gasteiger partial charge is 0.0625 e. The first-order chi connectivity index (χ1) is 8.76. The molecule has 1 aliphatic heterocycles. The summed E-state index contributed by atoms with van der Waals surface area (Å²) in [5.41, 5.74) is 2.57. The number of hydrogen-bond donors (Lipinski definition) is 0. The summed E-state index contributed by atoms with van der Waals surface area (Å²) in [5.74, 6) is 1.59. The second-order valence-electron chi connectivity index (χ2n) is 5.16. The van der Waals surface area contributed by atoms with Crippen molar-refractivity contribution in [1.29, 1.82) is 0 Å². The molecule has 102 valence electrons. The monoisotopic (exact) mass is 269 g/mol. The summed E-state index contributed by atoms with van der Waals surface area (Å²) in [6, 6.07) is 2.26. The zero-order valence-electron chi connectivity index (χ0n) is 11.5. The topological polar surface area (TPSA) is 21.1 Å². The third kappa shape index (κ3) is 3.27. The van der Waals surface area contributed by atoms with E-state index in [2.05, 4.69) is 34.6 Å². The Kier molecular flexibility index (Phi) is 5.07. The van der Waals surface area contributed by atoms with E-state index < -0.39 is 0 Å². The molecule has 1 aromatic rings. The fourth-order valence-corrected chi connectivity index (χ4v) is 3.07. The molecule has 1 fully saturated rings. The van der Waals surface area contributed by atoms with Gasteiger partial charge < -0.3 is 0 Å². The van der Waals surface area contributed by atoms with Crippen molar-refractivity contribution in [2.45, 2.75) is 46.2 Å². The summed E-state index contributed by atoms with van der Waals surface area (Å²) >= 11 is 5.83. The van der Waals surface area contributed by atoms with E-state index >= 15 is 0 Å². The van der Waals surface area contributed by atoms with Gasteiger partial charge in [-0.15, -0.1) is 11.6 Å². The normalized spacial score (nSPS) is 20.7. The third-order valence-corrected chi connectivity index (χ3v) is 4.07. The van der Waals surface area contributed by atoms with Crippen molar-refractivity contribution >= 4 is 11.6 Å². The van der Waals surface area contributed by atoms with E-state index in [9.17, 15) is 0 Å². The number of aryl methyl sites for hydroxylation is 2. The van der Waals surface area contributed by atoms with E-state index in [1.165, 1.54) is 30.9 Å². The van der Waals surface area contributed by atoms with Crippen LogP contribution in [0.15, 0.2) is 6.07 Å². The molecule has 2 heterocycles. The molecule has 0 aliphatic carbocycles. The number of halogens is 1. The van der Waals surface area contributed by atoms with Gasteiger partial charge in [0.05, 0.1) is 11.4 Å². The molecule has 0 radical (unpaired) electrons. The minimum atomic E-state index is 0.797. The van der Waals surface area contributed by atoms with Crippen LogP contribution in [0.4, 0.5) is 0 Å². The Bertz CT molecular complexity index is 375. The fourth-order valence-electron chi connectivity index (χ4n) is 2.76. The van der Waals surface area contributed by atoms with Gasteiger partial charge in [0, 0.05) is 25.5 Å². The predicted octanol–water partition coefficient (Wildman–Crippen LogP) is 2.92. The van der Waals surface area contributed by atoms with Crippen molar-refractivity contribution in [3.8, 4) is 0 Å². The minimum Gasteiger partial charge on any atom is -0.297 e. The molecule has 0 saturated carbocycles. The molecule has 0 amide bonds. The Morgan fingerprint density at radius 3 is 2.94 bits per heavy atom. The van der Waals surface area contributed by atoms with Crippen molar-refractivity contribution in [3.05, 3.63) is 17.5 Å². The van der Waals surface area contributed by atoms with Gasteiger partial charge in [-0.05, 0) is 44.7 Å². The SMILES string of the molecule is CCc1cc(CN2CCC(CCCl)C2)n(CC)n1. The highest BCUT2D eigenvalue weighted by Gasteiger charge is 2.22. The maximum atomic E-state index is 5.83. The van der Waals surface area contributed by atoms with Gasteiger partial charge in [-0.1, -0.05) is 6.92 Å². The average molecular weight is 270 g/mol. The average Bonchev–Trinajstić information content (AvgIpc) is 2.97. The summed E-state index contributed by atoms with van der Waals surface area (Å²) in [5, 5.41) is 4.61. The van der Waals surface area contributed by atoms with Crippen LogP contribution in [-0.4, -0.2) is 33.6 Å². The summed E-state index contributed by atoms with van der Waals surface area (Å²) in [6.07, 6.45) is 3.48. The van der Waals surface area contributed by atoms with E-state index in [-0.39, 0.29) is 0 Å². The van der Waals surface area contributed by atoms with Gasteiger partial charge in [-0.2, -0.15) is 5.10 Å². The van der Waals surface area contributed by atoms with Crippen molar-refractivity contribution in [2.24, 2.45) is 5.92 Å². The second-order valence-corrected chi connectivity index (χ2v) is 5.54. The second kappa shape index (κ2) is 6.58. The lowest BCUT2D eigenvalue weighted by Gasteiger charge is -2.16. The zero-order chi connectivity index (χ0) is 13.0. The lowest BCUT2D eigenvalue weighted by molar-refractivity contribution is 0.304.